The SMILES string of the molecule is O=c1c2c(n3c4ccccc4c(=O)n13)C1(c3ccccc3-c3ccc(-n4c5ccccc5c5cc(-c6ccccc6)ccc54)cc31)c1ccccc1-2. The Hall–Kier alpha value is -6.98. The van der Waals surface area contributed by atoms with Gasteiger partial charge in [-0.15, -0.1) is 0 Å². The zero-order valence-corrected chi connectivity index (χ0v) is 27.7. The summed E-state index contributed by atoms with van der Waals surface area (Å²) in [6.45, 7) is 0. The summed E-state index contributed by atoms with van der Waals surface area (Å²) in [4.78, 5) is 28.5. The van der Waals surface area contributed by atoms with Gasteiger partial charge in [-0.3, -0.25) is 9.59 Å². The van der Waals surface area contributed by atoms with E-state index in [2.05, 4.69) is 126 Å². The van der Waals surface area contributed by atoms with Gasteiger partial charge in [0.1, 0.15) is 0 Å². The molecule has 0 radical (unpaired) electrons. The molecule has 1 atom stereocenters. The van der Waals surface area contributed by atoms with Crippen molar-refractivity contribution in [3.8, 4) is 39.1 Å². The van der Waals surface area contributed by atoms with Gasteiger partial charge in [0.05, 0.1) is 38.6 Å². The highest BCUT2D eigenvalue weighted by atomic mass is 16.2. The fourth-order valence-electron chi connectivity index (χ4n) is 9.63. The van der Waals surface area contributed by atoms with Gasteiger partial charge in [0.25, 0.3) is 11.1 Å². The molecule has 0 aliphatic heterocycles. The summed E-state index contributed by atoms with van der Waals surface area (Å²) in [7, 11) is 0. The largest absolute Gasteiger partial charge is 0.309 e. The fourth-order valence-corrected chi connectivity index (χ4v) is 9.63. The molecule has 52 heavy (non-hydrogen) atoms. The Bertz CT molecular complexity index is 3290. The van der Waals surface area contributed by atoms with Crippen LogP contribution in [0.3, 0.4) is 0 Å². The maximum absolute atomic E-state index is 14.6. The lowest BCUT2D eigenvalue weighted by Crippen LogP contribution is -2.29. The quantitative estimate of drug-likeness (QED) is 0.185. The number of nitrogens with zero attached hydrogens (tertiary/aromatic N) is 3. The summed E-state index contributed by atoms with van der Waals surface area (Å²) < 4.78 is 5.64. The third-order valence-corrected chi connectivity index (χ3v) is 11.6. The van der Waals surface area contributed by atoms with Crippen molar-refractivity contribution < 1.29 is 0 Å². The van der Waals surface area contributed by atoms with Crippen molar-refractivity contribution in [2.24, 2.45) is 0 Å². The Labute approximate surface area is 296 Å². The minimum absolute atomic E-state index is 0.278. The molecule has 3 aromatic heterocycles. The van der Waals surface area contributed by atoms with Gasteiger partial charge in [-0.2, -0.15) is 4.52 Å². The van der Waals surface area contributed by atoms with Crippen molar-refractivity contribution >= 4 is 32.7 Å². The van der Waals surface area contributed by atoms with Crippen molar-refractivity contribution in [1.29, 1.82) is 0 Å². The zero-order valence-electron chi connectivity index (χ0n) is 27.7. The maximum atomic E-state index is 14.6. The summed E-state index contributed by atoms with van der Waals surface area (Å²) >= 11 is 0. The Morgan fingerprint density at radius 3 is 1.87 bits per heavy atom. The topological polar surface area (TPSA) is 47.9 Å². The van der Waals surface area contributed by atoms with Crippen molar-refractivity contribution in [3.05, 3.63) is 207 Å². The molecule has 0 amide bonds. The first-order valence-electron chi connectivity index (χ1n) is 17.6. The van der Waals surface area contributed by atoms with E-state index in [4.69, 9.17) is 0 Å². The molecule has 0 saturated carbocycles. The van der Waals surface area contributed by atoms with E-state index in [0.29, 0.717) is 10.9 Å². The second-order valence-electron chi connectivity index (χ2n) is 14.0. The van der Waals surface area contributed by atoms with Crippen LogP contribution in [0.15, 0.2) is 173 Å². The van der Waals surface area contributed by atoms with E-state index in [1.54, 1.807) is 0 Å². The van der Waals surface area contributed by atoms with Crippen LogP contribution in [0.5, 0.6) is 0 Å². The molecule has 7 aromatic carbocycles. The van der Waals surface area contributed by atoms with Crippen LogP contribution >= 0.6 is 0 Å². The predicted molar refractivity (Wildman–Crippen MR) is 208 cm³/mol. The molecule has 5 heteroatoms. The molecule has 0 bridgehead atoms. The van der Waals surface area contributed by atoms with Crippen LogP contribution in [-0.4, -0.2) is 13.6 Å². The van der Waals surface area contributed by atoms with Crippen molar-refractivity contribution in [2.45, 2.75) is 5.41 Å². The summed E-state index contributed by atoms with van der Waals surface area (Å²) in [6.07, 6.45) is 0. The van der Waals surface area contributed by atoms with Crippen molar-refractivity contribution in [1.82, 2.24) is 13.6 Å². The highest BCUT2D eigenvalue weighted by Crippen LogP contribution is 2.62. The molecule has 2 aliphatic carbocycles. The van der Waals surface area contributed by atoms with Crippen molar-refractivity contribution in [2.75, 3.05) is 0 Å². The second kappa shape index (κ2) is 9.62. The van der Waals surface area contributed by atoms with Gasteiger partial charge in [-0.1, -0.05) is 121 Å². The molecular formula is C47H27N3O2. The molecule has 12 rings (SSSR count). The normalized spacial score (nSPS) is 15.5. The summed E-state index contributed by atoms with van der Waals surface area (Å²) in [5.74, 6) is 0. The maximum Gasteiger partial charge on any atom is 0.282 e. The lowest BCUT2D eigenvalue weighted by atomic mass is 9.72. The van der Waals surface area contributed by atoms with E-state index in [0.717, 1.165) is 61.3 Å². The molecule has 0 fully saturated rings. The summed E-state index contributed by atoms with van der Waals surface area (Å²) in [5, 5.41) is 2.92. The fraction of sp³-hybridized carbons (Fsp3) is 0.0213. The van der Waals surface area contributed by atoms with Gasteiger partial charge in [0, 0.05) is 16.5 Å². The highest BCUT2D eigenvalue weighted by molar-refractivity contribution is 6.10. The third kappa shape index (κ3) is 3.16. The number of aromatic nitrogens is 3. The van der Waals surface area contributed by atoms with Crippen molar-refractivity contribution in [3.63, 3.8) is 0 Å². The summed E-state index contributed by atoms with van der Waals surface area (Å²) in [5.41, 5.74) is 12.8. The van der Waals surface area contributed by atoms with Crippen LogP contribution in [0.1, 0.15) is 22.4 Å². The highest BCUT2D eigenvalue weighted by Gasteiger charge is 2.55. The molecule has 242 valence electrons. The van der Waals surface area contributed by atoms with E-state index in [9.17, 15) is 9.59 Å². The molecule has 0 N–H and O–H groups in total. The molecule has 1 spiro atoms. The smallest absolute Gasteiger partial charge is 0.282 e. The first kappa shape index (κ1) is 27.8. The minimum atomic E-state index is -0.838. The molecule has 2 aliphatic rings. The van der Waals surface area contributed by atoms with Crippen LogP contribution < -0.4 is 11.1 Å². The third-order valence-electron chi connectivity index (χ3n) is 11.6. The first-order chi connectivity index (χ1) is 25.7. The average Bonchev–Trinajstić information content (AvgIpc) is 3.95. The van der Waals surface area contributed by atoms with E-state index >= 15 is 0 Å². The zero-order chi connectivity index (χ0) is 34.3. The molecule has 5 nitrogen and oxygen atoms in total. The molecule has 3 heterocycles. The van der Waals surface area contributed by atoms with Gasteiger partial charge >= 0.3 is 0 Å². The lowest BCUT2D eigenvalue weighted by Gasteiger charge is -2.30. The van der Waals surface area contributed by atoms with E-state index in [1.807, 2.05) is 47.0 Å². The van der Waals surface area contributed by atoms with Crippen LogP contribution in [0.2, 0.25) is 0 Å². The number of benzene rings is 7. The van der Waals surface area contributed by atoms with Crippen LogP contribution in [0.4, 0.5) is 0 Å². The minimum Gasteiger partial charge on any atom is -0.309 e. The predicted octanol–water partition coefficient (Wildman–Crippen LogP) is 9.46. The Balaban J connectivity index is 1.21. The molecule has 10 aromatic rings. The van der Waals surface area contributed by atoms with E-state index < -0.39 is 5.41 Å². The van der Waals surface area contributed by atoms with Crippen LogP contribution in [0, 0.1) is 0 Å². The molecule has 1 unspecified atom stereocenters. The van der Waals surface area contributed by atoms with E-state index in [1.165, 1.54) is 26.4 Å². The Morgan fingerprint density at radius 2 is 1.04 bits per heavy atom. The Morgan fingerprint density at radius 1 is 0.404 bits per heavy atom. The second-order valence-corrected chi connectivity index (χ2v) is 14.0. The van der Waals surface area contributed by atoms with Gasteiger partial charge in [-0.05, 0) is 87.0 Å². The average molecular weight is 666 g/mol. The molecular weight excluding hydrogens is 639 g/mol. The number of para-hydroxylation sites is 2. The van der Waals surface area contributed by atoms with Crippen LogP contribution in [0.25, 0.3) is 71.8 Å². The number of hydrogen-bond acceptors (Lipinski definition) is 2. The standard InChI is InChI=1S/C47H27N3O2/c51-45-35-17-7-11-21-42(35)49-44-43(46(52)50(45)49)34-16-5-9-19-38(34)47(44)37-18-8-4-14-31(37)32-24-23-30(27-39(32)47)48-40-20-10-6-15-33(40)36-26-29(22-25-41(36)48)28-12-2-1-3-13-28/h1-27H. The number of rotatable bonds is 2. The van der Waals surface area contributed by atoms with Gasteiger partial charge in [-0.25, -0.2) is 4.52 Å². The summed E-state index contributed by atoms with van der Waals surface area (Å²) in [6, 6.07) is 57.1. The monoisotopic (exact) mass is 665 g/mol. The number of hydrogen-bond donors (Lipinski definition) is 0. The first-order valence-corrected chi connectivity index (χ1v) is 17.6. The van der Waals surface area contributed by atoms with Gasteiger partial charge in [0.15, 0.2) is 0 Å². The Kier molecular flexibility index (Phi) is 5.14. The van der Waals surface area contributed by atoms with Gasteiger partial charge in [0.2, 0.25) is 0 Å². The number of fused-ring (bicyclic) bond motifs is 17. The van der Waals surface area contributed by atoms with Gasteiger partial charge < -0.3 is 4.57 Å². The van der Waals surface area contributed by atoms with E-state index in [-0.39, 0.29) is 11.1 Å². The lowest BCUT2D eigenvalue weighted by molar-refractivity contribution is 0.692. The van der Waals surface area contributed by atoms with Crippen LogP contribution in [-0.2, 0) is 5.41 Å². The molecule has 0 saturated heterocycles.